The average Bonchev–Trinajstić information content (AvgIpc) is 2.83. The fraction of sp³-hybridized carbons (Fsp3) is 1.00. The summed E-state index contributed by atoms with van der Waals surface area (Å²) in [5, 5.41) is 3.58. The molecule has 112 valence electrons. The number of likely N-dealkylation sites (tertiary alicyclic amines) is 1. The maximum atomic E-state index is 3.58. The predicted molar refractivity (Wildman–Crippen MR) is 82.5 cm³/mol. The molecule has 0 bridgehead atoms. The monoisotopic (exact) mass is 267 g/mol. The zero-order valence-corrected chi connectivity index (χ0v) is 13.6. The first-order valence-corrected chi connectivity index (χ1v) is 7.96. The Hall–Kier alpha value is -0.120. The van der Waals surface area contributed by atoms with Crippen molar-refractivity contribution in [1.82, 2.24) is 15.1 Å². The highest BCUT2D eigenvalue weighted by Crippen LogP contribution is 2.41. The van der Waals surface area contributed by atoms with Gasteiger partial charge in [0.25, 0.3) is 0 Å². The molecule has 3 unspecified atom stereocenters. The summed E-state index contributed by atoms with van der Waals surface area (Å²) in [5.74, 6) is 1.71. The summed E-state index contributed by atoms with van der Waals surface area (Å²) in [6.07, 6.45) is 4.13. The molecular formula is C16H33N3. The average molecular weight is 267 g/mol. The van der Waals surface area contributed by atoms with E-state index in [-0.39, 0.29) is 0 Å². The van der Waals surface area contributed by atoms with Gasteiger partial charge in [-0.05, 0) is 64.2 Å². The van der Waals surface area contributed by atoms with Gasteiger partial charge in [0.15, 0.2) is 0 Å². The summed E-state index contributed by atoms with van der Waals surface area (Å²) in [5.41, 5.74) is 0.466. The Morgan fingerprint density at radius 2 is 2.00 bits per heavy atom. The molecule has 3 nitrogen and oxygen atoms in total. The SMILES string of the molecule is CNC1C(CN(C)CC2CCN(C)C2)CCC1(C)C. The van der Waals surface area contributed by atoms with Crippen LogP contribution in [0.25, 0.3) is 0 Å². The highest BCUT2D eigenvalue weighted by Gasteiger charge is 2.41. The Kier molecular flexibility index (Phi) is 4.91. The predicted octanol–water partition coefficient (Wildman–Crippen LogP) is 1.89. The van der Waals surface area contributed by atoms with E-state index in [4.69, 9.17) is 0 Å². The van der Waals surface area contributed by atoms with Crippen LogP contribution in [-0.4, -0.2) is 63.2 Å². The van der Waals surface area contributed by atoms with Crippen molar-refractivity contribution < 1.29 is 0 Å². The van der Waals surface area contributed by atoms with Gasteiger partial charge >= 0.3 is 0 Å². The Morgan fingerprint density at radius 3 is 2.58 bits per heavy atom. The summed E-state index contributed by atoms with van der Waals surface area (Å²) in [6, 6.07) is 0.682. The van der Waals surface area contributed by atoms with E-state index < -0.39 is 0 Å². The van der Waals surface area contributed by atoms with Gasteiger partial charge in [0.1, 0.15) is 0 Å². The summed E-state index contributed by atoms with van der Waals surface area (Å²) < 4.78 is 0. The van der Waals surface area contributed by atoms with Crippen LogP contribution in [0.4, 0.5) is 0 Å². The Labute approximate surface area is 119 Å². The van der Waals surface area contributed by atoms with Gasteiger partial charge in [0.05, 0.1) is 0 Å². The number of hydrogen-bond acceptors (Lipinski definition) is 3. The lowest BCUT2D eigenvalue weighted by molar-refractivity contribution is 0.195. The number of hydrogen-bond donors (Lipinski definition) is 1. The Morgan fingerprint density at radius 1 is 1.26 bits per heavy atom. The van der Waals surface area contributed by atoms with Crippen molar-refractivity contribution in [1.29, 1.82) is 0 Å². The molecule has 19 heavy (non-hydrogen) atoms. The summed E-state index contributed by atoms with van der Waals surface area (Å²) in [7, 11) is 6.70. The lowest BCUT2D eigenvalue weighted by Crippen LogP contribution is -2.44. The summed E-state index contributed by atoms with van der Waals surface area (Å²) in [4.78, 5) is 5.05. The van der Waals surface area contributed by atoms with Gasteiger partial charge in [0, 0.05) is 25.7 Å². The van der Waals surface area contributed by atoms with Crippen molar-refractivity contribution in [3.63, 3.8) is 0 Å². The van der Waals surface area contributed by atoms with Crippen LogP contribution >= 0.6 is 0 Å². The Bertz CT molecular complexity index is 290. The van der Waals surface area contributed by atoms with E-state index in [2.05, 4.69) is 50.1 Å². The van der Waals surface area contributed by atoms with Crippen molar-refractivity contribution >= 4 is 0 Å². The molecule has 0 aromatic rings. The molecule has 1 aliphatic carbocycles. The van der Waals surface area contributed by atoms with Crippen LogP contribution in [0.1, 0.15) is 33.1 Å². The molecule has 0 amide bonds. The van der Waals surface area contributed by atoms with Crippen LogP contribution in [0.5, 0.6) is 0 Å². The molecule has 3 atom stereocenters. The van der Waals surface area contributed by atoms with E-state index in [0.29, 0.717) is 11.5 Å². The third-order valence-electron chi connectivity index (χ3n) is 5.39. The molecule has 0 spiro atoms. The highest BCUT2D eigenvalue weighted by molar-refractivity contribution is 4.96. The lowest BCUT2D eigenvalue weighted by Gasteiger charge is -2.33. The second-order valence-electron chi connectivity index (χ2n) is 7.69. The second kappa shape index (κ2) is 6.11. The maximum absolute atomic E-state index is 3.58. The molecule has 3 heteroatoms. The maximum Gasteiger partial charge on any atom is 0.0156 e. The number of nitrogens with zero attached hydrogens (tertiary/aromatic N) is 2. The van der Waals surface area contributed by atoms with Crippen LogP contribution in [0.15, 0.2) is 0 Å². The zero-order valence-electron chi connectivity index (χ0n) is 13.6. The normalized spacial score (nSPS) is 35.4. The molecule has 2 aliphatic rings. The van der Waals surface area contributed by atoms with E-state index in [1.165, 1.54) is 45.4 Å². The summed E-state index contributed by atoms with van der Waals surface area (Å²) in [6.45, 7) is 9.94. The molecule has 0 aromatic carbocycles. The third kappa shape index (κ3) is 3.71. The van der Waals surface area contributed by atoms with E-state index in [1.807, 2.05) is 0 Å². The third-order valence-corrected chi connectivity index (χ3v) is 5.39. The van der Waals surface area contributed by atoms with Gasteiger partial charge in [-0.3, -0.25) is 0 Å². The van der Waals surface area contributed by atoms with Crippen LogP contribution in [0.2, 0.25) is 0 Å². The second-order valence-corrected chi connectivity index (χ2v) is 7.69. The Balaban J connectivity index is 1.80. The minimum absolute atomic E-state index is 0.466. The summed E-state index contributed by atoms with van der Waals surface area (Å²) >= 11 is 0. The molecule has 1 saturated heterocycles. The van der Waals surface area contributed by atoms with Crippen molar-refractivity contribution in [2.75, 3.05) is 47.3 Å². The van der Waals surface area contributed by atoms with E-state index in [0.717, 1.165) is 11.8 Å². The van der Waals surface area contributed by atoms with Gasteiger partial charge < -0.3 is 15.1 Å². The number of nitrogens with one attached hydrogen (secondary N) is 1. The molecular weight excluding hydrogens is 234 g/mol. The lowest BCUT2D eigenvalue weighted by atomic mass is 9.85. The van der Waals surface area contributed by atoms with Gasteiger partial charge in [-0.25, -0.2) is 0 Å². The van der Waals surface area contributed by atoms with Crippen molar-refractivity contribution in [2.45, 2.75) is 39.2 Å². The largest absolute Gasteiger partial charge is 0.316 e. The van der Waals surface area contributed by atoms with Gasteiger partial charge in [-0.15, -0.1) is 0 Å². The number of rotatable bonds is 5. The van der Waals surface area contributed by atoms with Crippen LogP contribution < -0.4 is 5.32 Å². The van der Waals surface area contributed by atoms with Crippen LogP contribution in [0, 0.1) is 17.3 Å². The molecule has 0 radical (unpaired) electrons. The molecule has 1 saturated carbocycles. The smallest absolute Gasteiger partial charge is 0.0156 e. The molecule has 0 aromatic heterocycles. The topological polar surface area (TPSA) is 18.5 Å². The fourth-order valence-corrected chi connectivity index (χ4v) is 4.43. The molecule has 2 rings (SSSR count). The zero-order chi connectivity index (χ0) is 14.0. The highest BCUT2D eigenvalue weighted by atomic mass is 15.2. The van der Waals surface area contributed by atoms with Crippen molar-refractivity contribution in [3.05, 3.63) is 0 Å². The van der Waals surface area contributed by atoms with Crippen LogP contribution in [-0.2, 0) is 0 Å². The molecule has 1 heterocycles. The first-order valence-electron chi connectivity index (χ1n) is 7.96. The molecule has 1 N–H and O–H groups in total. The van der Waals surface area contributed by atoms with E-state index in [9.17, 15) is 0 Å². The molecule has 2 fully saturated rings. The minimum atomic E-state index is 0.466. The molecule has 1 aliphatic heterocycles. The first kappa shape index (κ1) is 15.3. The quantitative estimate of drug-likeness (QED) is 0.821. The van der Waals surface area contributed by atoms with Gasteiger partial charge in [-0.1, -0.05) is 13.8 Å². The van der Waals surface area contributed by atoms with Gasteiger partial charge in [-0.2, -0.15) is 0 Å². The van der Waals surface area contributed by atoms with Crippen LogP contribution in [0.3, 0.4) is 0 Å². The van der Waals surface area contributed by atoms with Crippen molar-refractivity contribution in [3.8, 4) is 0 Å². The first-order chi connectivity index (χ1) is 8.92. The van der Waals surface area contributed by atoms with E-state index >= 15 is 0 Å². The fourth-order valence-electron chi connectivity index (χ4n) is 4.43. The van der Waals surface area contributed by atoms with Gasteiger partial charge in [0.2, 0.25) is 0 Å². The van der Waals surface area contributed by atoms with E-state index in [1.54, 1.807) is 0 Å². The minimum Gasteiger partial charge on any atom is -0.316 e. The van der Waals surface area contributed by atoms with Crippen molar-refractivity contribution in [2.24, 2.45) is 17.3 Å². The standard InChI is InChI=1S/C16H33N3/c1-16(2)8-6-14(15(16)17-3)12-19(5)11-13-7-9-18(4)10-13/h13-15,17H,6-12H2,1-5H3.